The molecule has 4 nitrogen and oxygen atoms in total. The van der Waals surface area contributed by atoms with Crippen LogP contribution in [0.3, 0.4) is 0 Å². The summed E-state index contributed by atoms with van der Waals surface area (Å²) >= 11 is 0. The summed E-state index contributed by atoms with van der Waals surface area (Å²) < 4.78 is 11.2. The highest BCUT2D eigenvalue weighted by Gasteiger charge is 2.12. The largest absolute Gasteiger partial charge is 0.484 e. The van der Waals surface area contributed by atoms with E-state index in [1.165, 1.54) is 0 Å². The van der Waals surface area contributed by atoms with Gasteiger partial charge in [-0.3, -0.25) is 4.98 Å². The molecule has 1 heterocycles. The minimum absolute atomic E-state index is 0.0162. The van der Waals surface area contributed by atoms with Gasteiger partial charge in [-0.1, -0.05) is 25.1 Å². The minimum atomic E-state index is -0.0162. The number of rotatable bonds is 7. The third kappa shape index (κ3) is 3.66. The number of hydrogen-bond donors (Lipinski definition) is 1. The highest BCUT2D eigenvalue weighted by molar-refractivity contribution is 5.84. The van der Waals surface area contributed by atoms with Gasteiger partial charge in [0.25, 0.3) is 0 Å². The van der Waals surface area contributed by atoms with Crippen molar-refractivity contribution >= 4 is 10.9 Å². The number of para-hydroxylation sites is 1. The van der Waals surface area contributed by atoms with Crippen molar-refractivity contribution in [3.05, 3.63) is 36.5 Å². The summed E-state index contributed by atoms with van der Waals surface area (Å²) in [5, 5.41) is 4.36. The lowest BCUT2D eigenvalue weighted by molar-refractivity contribution is 0.0818. The number of nitrogens with zero attached hydrogens (tertiary/aromatic N) is 1. The topological polar surface area (TPSA) is 43.4 Å². The zero-order chi connectivity index (χ0) is 13.5. The molecule has 0 aliphatic rings. The lowest BCUT2D eigenvalue weighted by Crippen LogP contribution is -2.34. The van der Waals surface area contributed by atoms with E-state index in [0.717, 1.165) is 29.7 Å². The fraction of sp³-hybridized carbons (Fsp3) is 0.400. The smallest absolute Gasteiger partial charge is 0.146 e. The summed E-state index contributed by atoms with van der Waals surface area (Å²) in [4.78, 5) is 4.39. The number of hydrogen-bond acceptors (Lipinski definition) is 4. The lowest BCUT2D eigenvalue weighted by Gasteiger charge is -2.19. The molecule has 1 unspecified atom stereocenters. The Morgan fingerprint density at radius 3 is 2.89 bits per heavy atom. The predicted molar refractivity (Wildman–Crippen MR) is 76.6 cm³/mol. The maximum Gasteiger partial charge on any atom is 0.146 e. The van der Waals surface area contributed by atoms with Crippen molar-refractivity contribution < 1.29 is 9.47 Å². The Morgan fingerprint density at radius 2 is 2.11 bits per heavy atom. The molecule has 1 atom stereocenters. The van der Waals surface area contributed by atoms with Crippen LogP contribution in [-0.2, 0) is 4.74 Å². The fourth-order valence-electron chi connectivity index (χ4n) is 1.98. The lowest BCUT2D eigenvalue weighted by atomic mass is 10.2. The van der Waals surface area contributed by atoms with Crippen LogP contribution in [0.15, 0.2) is 36.5 Å². The third-order valence-corrected chi connectivity index (χ3v) is 2.86. The maximum atomic E-state index is 6.02. The molecule has 0 saturated heterocycles. The van der Waals surface area contributed by atoms with Gasteiger partial charge in [0, 0.05) is 25.2 Å². The number of methoxy groups -OCH3 is 1. The van der Waals surface area contributed by atoms with E-state index < -0.39 is 0 Å². The van der Waals surface area contributed by atoms with Crippen LogP contribution in [0.4, 0.5) is 0 Å². The molecule has 4 heteroatoms. The first kappa shape index (κ1) is 13.8. The Kier molecular flexibility index (Phi) is 5.12. The van der Waals surface area contributed by atoms with Gasteiger partial charge in [0.1, 0.15) is 17.4 Å². The van der Waals surface area contributed by atoms with Crippen LogP contribution in [0.25, 0.3) is 10.9 Å². The van der Waals surface area contributed by atoms with Crippen LogP contribution in [-0.4, -0.2) is 37.9 Å². The Hall–Kier alpha value is -1.65. The molecule has 0 aliphatic carbocycles. The van der Waals surface area contributed by atoms with E-state index in [1.807, 2.05) is 30.3 Å². The van der Waals surface area contributed by atoms with Crippen LogP contribution >= 0.6 is 0 Å². The molecule has 102 valence electrons. The van der Waals surface area contributed by atoms with E-state index in [0.29, 0.717) is 6.61 Å². The van der Waals surface area contributed by atoms with Crippen molar-refractivity contribution in [1.29, 1.82) is 0 Å². The van der Waals surface area contributed by atoms with Crippen molar-refractivity contribution in [2.24, 2.45) is 0 Å². The number of aromatic nitrogens is 1. The van der Waals surface area contributed by atoms with Crippen molar-refractivity contribution in [2.45, 2.75) is 13.0 Å². The SMILES string of the molecule is CCNCC(COC)Oc1cccc2cccnc12. The summed E-state index contributed by atoms with van der Waals surface area (Å²) in [6, 6.07) is 9.92. The second kappa shape index (κ2) is 7.07. The van der Waals surface area contributed by atoms with E-state index in [2.05, 4.69) is 17.2 Å². The molecule has 0 aliphatic heterocycles. The minimum Gasteiger partial charge on any atom is -0.484 e. The van der Waals surface area contributed by atoms with Crippen molar-refractivity contribution in [2.75, 3.05) is 26.8 Å². The van der Waals surface area contributed by atoms with Crippen LogP contribution in [0.1, 0.15) is 6.92 Å². The van der Waals surface area contributed by atoms with Crippen molar-refractivity contribution in [3.63, 3.8) is 0 Å². The van der Waals surface area contributed by atoms with E-state index in [4.69, 9.17) is 9.47 Å². The molecule has 1 N–H and O–H groups in total. The van der Waals surface area contributed by atoms with Gasteiger partial charge in [-0.2, -0.15) is 0 Å². The Bertz CT molecular complexity index is 511. The number of ether oxygens (including phenoxy) is 2. The molecule has 0 amide bonds. The third-order valence-electron chi connectivity index (χ3n) is 2.86. The van der Waals surface area contributed by atoms with Crippen molar-refractivity contribution in [3.8, 4) is 5.75 Å². The van der Waals surface area contributed by atoms with Crippen LogP contribution in [0.5, 0.6) is 5.75 Å². The summed E-state index contributed by atoms with van der Waals surface area (Å²) in [7, 11) is 1.68. The van der Waals surface area contributed by atoms with Crippen molar-refractivity contribution in [1.82, 2.24) is 10.3 Å². The number of likely N-dealkylation sites (N-methyl/N-ethyl adjacent to an activating group) is 1. The molecule has 0 saturated carbocycles. The molecule has 1 aromatic heterocycles. The van der Waals surface area contributed by atoms with Gasteiger partial charge in [-0.15, -0.1) is 0 Å². The molecule has 0 radical (unpaired) electrons. The average molecular weight is 260 g/mol. The summed E-state index contributed by atoms with van der Waals surface area (Å²) in [6.07, 6.45) is 1.77. The summed E-state index contributed by atoms with van der Waals surface area (Å²) in [5.41, 5.74) is 0.891. The molecule has 2 aromatic rings. The van der Waals surface area contributed by atoms with E-state index in [-0.39, 0.29) is 6.10 Å². The second-order valence-electron chi connectivity index (χ2n) is 4.33. The van der Waals surface area contributed by atoms with Gasteiger partial charge in [0.05, 0.1) is 6.61 Å². The highest BCUT2D eigenvalue weighted by atomic mass is 16.5. The normalized spacial score (nSPS) is 12.5. The molecule has 19 heavy (non-hydrogen) atoms. The number of pyridine rings is 1. The molecule has 0 spiro atoms. The summed E-state index contributed by atoms with van der Waals surface area (Å²) in [6.45, 7) is 4.30. The molecular weight excluding hydrogens is 240 g/mol. The first-order chi connectivity index (χ1) is 9.35. The molecule has 0 fully saturated rings. The van der Waals surface area contributed by atoms with Gasteiger partial charge < -0.3 is 14.8 Å². The van der Waals surface area contributed by atoms with Gasteiger partial charge in [-0.05, 0) is 18.7 Å². The van der Waals surface area contributed by atoms with E-state index in [9.17, 15) is 0 Å². The number of nitrogens with one attached hydrogen (secondary N) is 1. The Labute approximate surface area is 113 Å². The quantitative estimate of drug-likeness (QED) is 0.829. The van der Waals surface area contributed by atoms with Crippen LogP contribution < -0.4 is 10.1 Å². The monoisotopic (exact) mass is 260 g/mol. The number of benzene rings is 1. The van der Waals surface area contributed by atoms with Gasteiger partial charge >= 0.3 is 0 Å². The predicted octanol–water partition coefficient (Wildman–Crippen LogP) is 2.24. The molecule has 1 aromatic carbocycles. The second-order valence-corrected chi connectivity index (χ2v) is 4.33. The highest BCUT2D eigenvalue weighted by Crippen LogP contribution is 2.23. The zero-order valence-electron chi connectivity index (χ0n) is 11.4. The average Bonchev–Trinajstić information content (AvgIpc) is 2.45. The number of fused-ring (bicyclic) bond motifs is 1. The maximum absolute atomic E-state index is 6.02. The van der Waals surface area contributed by atoms with Gasteiger partial charge in [0.2, 0.25) is 0 Å². The fourth-order valence-corrected chi connectivity index (χ4v) is 1.98. The zero-order valence-corrected chi connectivity index (χ0v) is 11.4. The molecule has 0 bridgehead atoms. The standard InChI is InChI=1S/C15H20N2O2/c1-3-16-10-13(11-18-2)19-14-8-4-6-12-7-5-9-17-15(12)14/h4-9,13,16H,3,10-11H2,1-2H3. The van der Waals surface area contributed by atoms with E-state index in [1.54, 1.807) is 13.3 Å². The van der Waals surface area contributed by atoms with Crippen LogP contribution in [0, 0.1) is 0 Å². The van der Waals surface area contributed by atoms with Crippen LogP contribution in [0.2, 0.25) is 0 Å². The first-order valence-electron chi connectivity index (χ1n) is 6.55. The van der Waals surface area contributed by atoms with Gasteiger partial charge in [-0.25, -0.2) is 0 Å². The summed E-state index contributed by atoms with van der Waals surface area (Å²) in [5.74, 6) is 0.804. The Balaban J connectivity index is 2.18. The van der Waals surface area contributed by atoms with Gasteiger partial charge in [0.15, 0.2) is 0 Å². The Morgan fingerprint density at radius 1 is 1.26 bits per heavy atom. The first-order valence-corrected chi connectivity index (χ1v) is 6.55. The molecule has 2 rings (SSSR count). The molecular formula is C15H20N2O2. The van der Waals surface area contributed by atoms with E-state index >= 15 is 0 Å².